The molecule has 2 rings (SSSR count). The first kappa shape index (κ1) is 12.9. The minimum absolute atomic E-state index is 0.172. The van der Waals surface area contributed by atoms with Gasteiger partial charge in [0.1, 0.15) is 11.8 Å². The smallest absolute Gasteiger partial charge is 0.287 e. The lowest BCUT2D eigenvalue weighted by Gasteiger charge is -2.12. The second-order valence-electron chi connectivity index (χ2n) is 3.97. The van der Waals surface area contributed by atoms with Gasteiger partial charge in [-0.25, -0.2) is 0 Å². The van der Waals surface area contributed by atoms with Crippen LogP contribution in [0.2, 0.25) is 0 Å². The van der Waals surface area contributed by atoms with E-state index in [2.05, 4.69) is 10.6 Å². The Morgan fingerprint density at radius 1 is 1.21 bits per heavy atom. The standard InChI is InChI=1S/C13H14N2O4/c1-9(15-13(17)11-5-3-7-19-11)12(16)14-8-10-4-2-6-18-10/h2-7,9H,8H2,1H3,(H,14,16)(H,15,17)/t9-/m1/s1. The van der Waals surface area contributed by atoms with E-state index in [1.165, 1.54) is 18.6 Å². The van der Waals surface area contributed by atoms with Crippen LogP contribution in [0.1, 0.15) is 23.2 Å². The molecule has 2 amide bonds. The van der Waals surface area contributed by atoms with E-state index in [1.54, 1.807) is 25.1 Å². The molecule has 6 nitrogen and oxygen atoms in total. The molecule has 0 fully saturated rings. The Morgan fingerprint density at radius 2 is 1.95 bits per heavy atom. The van der Waals surface area contributed by atoms with Crippen molar-refractivity contribution in [2.45, 2.75) is 19.5 Å². The SMILES string of the molecule is C[C@@H](NC(=O)c1ccco1)C(=O)NCc1ccco1. The monoisotopic (exact) mass is 262 g/mol. The summed E-state index contributed by atoms with van der Waals surface area (Å²) in [6.07, 6.45) is 2.93. The third-order valence-corrected chi connectivity index (χ3v) is 2.50. The summed E-state index contributed by atoms with van der Waals surface area (Å²) >= 11 is 0. The molecule has 19 heavy (non-hydrogen) atoms. The Bertz CT molecular complexity index is 531. The molecule has 0 saturated heterocycles. The van der Waals surface area contributed by atoms with Gasteiger partial charge >= 0.3 is 0 Å². The number of nitrogens with one attached hydrogen (secondary N) is 2. The Labute approximate surface area is 109 Å². The molecule has 6 heteroatoms. The van der Waals surface area contributed by atoms with Gasteiger partial charge in [0, 0.05) is 0 Å². The summed E-state index contributed by atoms with van der Waals surface area (Å²) in [5.41, 5.74) is 0. The molecule has 1 atom stereocenters. The molecule has 0 bridgehead atoms. The van der Waals surface area contributed by atoms with Crippen molar-refractivity contribution in [1.29, 1.82) is 0 Å². The largest absolute Gasteiger partial charge is 0.467 e. The first-order valence-electron chi connectivity index (χ1n) is 5.81. The van der Waals surface area contributed by atoms with Crippen molar-refractivity contribution in [3.8, 4) is 0 Å². The molecule has 2 aromatic heterocycles. The van der Waals surface area contributed by atoms with E-state index in [0.717, 1.165) is 0 Å². The summed E-state index contributed by atoms with van der Waals surface area (Å²) in [6, 6.07) is 5.97. The first-order valence-corrected chi connectivity index (χ1v) is 5.81. The van der Waals surface area contributed by atoms with E-state index < -0.39 is 11.9 Å². The number of rotatable bonds is 5. The molecule has 0 aromatic carbocycles. The molecule has 0 radical (unpaired) electrons. The molecule has 0 unspecified atom stereocenters. The highest BCUT2D eigenvalue weighted by atomic mass is 16.3. The summed E-state index contributed by atoms with van der Waals surface area (Å²) in [4.78, 5) is 23.4. The van der Waals surface area contributed by atoms with Crippen molar-refractivity contribution in [2.75, 3.05) is 0 Å². The average molecular weight is 262 g/mol. The van der Waals surface area contributed by atoms with Crippen molar-refractivity contribution in [3.63, 3.8) is 0 Å². The fourth-order valence-electron chi connectivity index (χ4n) is 1.48. The molecular formula is C13H14N2O4. The zero-order valence-electron chi connectivity index (χ0n) is 10.4. The van der Waals surface area contributed by atoms with Crippen molar-refractivity contribution in [2.24, 2.45) is 0 Å². The quantitative estimate of drug-likeness (QED) is 0.850. The highest BCUT2D eigenvalue weighted by molar-refractivity contribution is 5.95. The maximum Gasteiger partial charge on any atom is 0.287 e. The predicted octanol–water partition coefficient (Wildman–Crippen LogP) is 1.31. The Hall–Kier alpha value is -2.50. The van der Waals surface area contributed by atoms with Gasteiger partial charge in [-0.1, -0.05) is 0 Å². The third-order valence-electron chi connectivity index (χ3n) is 2.50. The predicted molar refractivity (Wildman–Crippen MR) is 66.2 cm³/mol. The summed E-state index contributed by atoms with van der Waals surface area (Å²) < 4.78 is 10.0. The van der Waals surface area contributed by atoms with Crippen molar-refractivity contribution < 1.29 is 18.4 Å². The van der Waals surface area contributed by atoms with E-state index in [0.29, 0.717) is 5.76 Å². The summed E-state index contributed by atoms with van der Waals surface area (Å²) in [7, 11) is 0. The van der Waals surface area contributed by atoms with Crippen molar-refractivity contribution in [3.05, 3.63) is 48.3 Å². The minimum Gasteiger partial charge on any atom is -0.467 e. The van der Waals surface area contributed by atoms with Gasteiger partial charge in [-0.3, -0.25) is 9.59 Å². The van der Waals surface area contributed by atoms with Crippen molar-refractivity contribution >= 4 is 11.8 Å². The van der Waals surface area contributed by atoms with Crippen LogP contribution in [0.15, 0.2) is 45.6 Å². The molecule has 2 aromatic rings. The fourth-order valence-corrected chi connectivity index (χ4v) is 1.48. The molecule has 0 saturated carbocycles. The van der Waals surface area contributed by atoms with Gasteiger partial charge in [0.2, 0.25) is 5.91 Å². The normalized spacial score (nSPS) is 11.8. The van der Waals surface area contributed by atoms with Crippen LogP contribution in [0.3, 0.4) is 0 Å². The molecule has 0 spiro atoms. The van der Waals surface area contributed by atoms with Gasteiger partial charge in [-0.15, -0.1) is 0 Å². The van der Waals surface area contributed by atoms with E-state index in [9.17, 15) is 9.59 Å². The Balaban J connectivity index is 1.80. The molecule has 0 aliphatic rings. The second kappa shape index (κ2) is 5.90. The van der Waals surface area contributed by atoms with Gasteiger partial charge in [0.15, 0.2) is 5.76 Å². The summed E-state index contributed by atoms with van der Waals surface area (Å²) in [5, 5.41) is 5.19. The number of carbonyl (C=O) groups is 2. The maximum atomic E-state index is 11.7. The highest BCUT2D eigenvalue weighted by Crippen LogP contribution is 2.01. The highest BCUT2D eigenvalue weighted by Gasteiger charge is 2.17. The lowest BCUT2D eigenvalue weighted by molar-refractivity contribution is -0.122. The zero-order chi connectivity index (χ0) is 13.7. The molecular weight excluding hydrogens is 248 g/mol. The van der Waals surface area contributed by atoms with Gasteiger partial charge in [-0.05, 0) is 31.2 Å². The summed E-state index contributed by atoms with van der Waals surface area (Å²) in [5.74, 6) is 0.102. The molecule has 0 aliphatic heterocycles. The van der Waals surface area contributed by atoms with Crippen LogP contribution in [-0.2, 0) is 11.3 Å². The number of hydrogen-bond donors (Lipinski definition) is 2. The lowest BCUT2D eigenvalue weighted by Crippen LogP contribution is -2.44. The lowest BCUT2D eigenvalue weighted by atomic mass is 10.3. The Kier molecular flexibility index (Phi) is 4.02. The van der Waals surface area contributed by atoms with Gasteiger partial charge < -0.3 is 19.5 Å². The molecule has 100 valence electrons. The van der Waals surface area contributed by atoms with E-state index in [-0.39, 0.29) is 18.2 Å². The number of furan rings is 2. The summed E-state index contributed by atoms with van der Waals surface area (Å²) in [6.45, 7) is 1.88. The topological polar surface area (TPSA) is 84.5 Å². The van der Waals surface area contributed by atoms with E-state index >= 15 is 0 Å². The van der Waals surface area contributed by atoms with Crippen LogP contribution in [0.4, 0.5) is 0 Å². The van der Waals surface area contributed by atoms with Gasteiger partial charge in [0.25, 0.3) is 5.91 Å². The molecule has 0 aliphatic carbocycles. The van der Waals surface area contributed by atoms with Crippen molar-refractivity contribution in [1.82, 2.24) is 10.6 Å². The van der Waals surface area contributed by atoms with Crippen LogP contribution < -0.4 is 10.6 Å². The number of carbonyl (C=O) groups excluding carboxylic acids is 2. The van der Waals surface area contributed by atoms with E-state index in [4.69, 9.17) is 8.83 Å². The van der Waals surface area contributed by atoms with Crippen LogP contribution in [0.25, 0.3) is 0 Å². The molecule has 2 N–H and O–H groups in total. The average Bonchev–Trinajstić information content (AvgIpc) is 3.08. The van der Waals surface area contributed by atoms with Crippen LogP contribution in [0, 0.1) is 0 Å². The first-order chi connectivity index (χ1) is 9.16. The Morgan fingerprint density at radius 3 is 2.58 bits per heavy atom. The van der Waals surface area contributed by atoms with Crippen LogP contribution in [-0.4, -0.2) is 17.9 Å². The third kappa shape index (κ3) is 3.48. The maximum absolute atomic E-state index is 11.7. The van der Waals surface area contributed by atoms with Crippen LogP contribution >= 0.6 is 0 Å². The van der Waals surface area contributed by atoms with Gasteiger partial charge in [0.05, 0.1) is 19.1 Å². The number of amides is 2. The number of hydrogen-bond acceptors (Lipinski definition) is 4. The van der Waals surface area contributed by atoms with Crippen LogP contribution in [0.5, 0.6) is 0 Å². The van der Waals surface area contributed by atoms with Gasteiger partial charge in [-0.2, -0.15) is 0 Å². The van der Waals surface area contributed by atoms with E-state index in [1.807, 2.05) is 0 Å². The fraction of sp³-hybridized carbons (Fsp3) is 0.231. The molecule has 2 heterocycles. The second-order valence-corrected chi connectivity index (χ2v) is 3.97. The minimum atomic E-state index is -0.660. The zero-order valence-corrected chi connectivity index (χ0v) is 10.4.